The number of hydrogen-bond donors (Lipinski definition) is 1. The smallest absolute Gasteiger partial charge is 0.325 e. The third-order valence-corrected chi connectivity index (χ3v) is 4.87. The Bertz CT molecular complexity index is 808. The maximum Gasteiger partial charge on any atom is 0.325 e. The van der Waals surface area contributed by atoms with Crippen LogP contribution in [0.25, 0.3) is 0 Å². The van der Waals surface area contributed by atoms with E-state index in [9.17, 15) is 9.59 Å². The second kappa shape index (κ2) is 9.74. The number of halogens is 2. The van der Waals surface area contributed by atoms with E-state index in [2.05, 4.69) is 5.48 Å². The molecule has 0 aliphatic rings. The summed E-state index contributed by atoms with van der Waals surface area (Å²) in [4.78, 5) is 29.5. The normalized spacial score (nSPS) is 12.9. The highest BCUT2D eigenvalue weighted by Gasteiger charge is 2.26. The van der Waals surface area contributed by atoms with Gasteiger partial charge in [0.1, 0.15) is 0 Å². The van der Waals surface area contributed by atoms with Gasteiger partial charge in [-0.25, -0.2) is 0 Å². The molecule has 0 unspecified atom stereocenters. The van der Waals surface area contributed by atoms with Gasteiger partial charge in [-0.15, -0.1) is 5.48 Å². The van der Waals surface area contributed by atoms with Crippen LogP contribution >= 0.6 is 23.2 Å². The number of carbonyl (C=O) groups excluding carboxylic acids is 2. The van der Waals surface area contributed by atoms with Gasteiger partial charge < -0.3 is 9.57 Å². The minimum absolute atomic E-state index is 0.196. The highest BCUT2D eigenvalue weighted by Crippen LogP contribution is 2.29. The molecule has 0 aliphatic carbocycles. The van der Waals surface area contributed by atoms with Crippen molar-refractivity contribution < 1.29 is 19.2 Å². The third kappa shape index (κ3) is 5.96. The lowest BCUT2D eigenvalue weighted by atomic mass is 9.96. The summed E-state index contributed by atoms with van der Waals surface area (Å²) >= 11 is 11.9. The molecule has 27 heavy (non-hydrogen) atoms. The molecule has 144 valence electrons. The van der Waals surface area contributed by atoms with Gasteiger partial charge >= 0.3 is 11.9 Å². The number of carbonyl (C=O) groups is 2. The van der Waals surface area contributed by atoms with Gasteiger partial charge in [0.25, 0.3) is 0 Å². The van der Waals surface area contributed by atoms with Crippen molar-refractivity contribution in [3.05, 3.63) is 69.2 Å². The molecule has 2 rings (SSSR count). The second-order valence-electron chi connectivity index (χ2n) is 6.18. The lowest BCUT2D eigenvalue weighted by Gasteiger charge is -2.17. The zero-order chi connectivity index (χ0) is 20.0. The number of esters is 1. The van der Waals surface area contributed by atoms with Gasteiger partial charge in [-0.3, -0.25) is 9.59 Å². The Morgan fingerprint density at radius 3 is 2.26 bits per heavy atom. The highest BCUT2D eigenvalue weighted by atomic mass is 35.5. The number of aryl methyl sites for hydroxylation is 1. The number of methoxy groups -OCH3 is 1. The summed E-state index contributed by atoms with van der Waals surface area (Å²) < 4.78 is 4.80. The first-order valence-electron chi connectivity index (χ1n) is 8.36. The zero-order valence-corrected chi connectivity index (χ0v) is 16.8. The summed E-state index contributed by atoms with van der Waals surface area (Å²) in [6.45, 7) is 3.87. The first kappa shape index (κ1) is 21.2. The lowest BCUT2D eigenvalue weighted by Crippen LogP contribution is -2.26. The van der Waals surface area contributed by atoms with E-state index in [1.807, 2.05) is 38.1 Å². The van der Waals surface area contributed by atoms with Crippen LogP contribution in [0.5, 0.6) is 0 Å². The van der Waals surface area contributed by atoms with Crippen LogP contribution in [0.1, 0.15) is 42.0 Å². The Morgan fingerprint density at radius 1 is 1.04 bits per heavy atom. The minimum Gasteiger partial charge on any atom is -0.469 e. The van der Waals surface area contributed by atoms with Gasteiger partial charge in [-0.1, -0.05) is 59.1 Å². The molecule has 0 bridgehead atoms. The van der Waals surface area contributed by atoms with Crippen LogP contribution in [-0.4, -0.2) is 19.0 Å². The minimum atomic E-state index is -0.839. The Hall–Kier alpha value is -2.08. The Balaban J connectivity index is 2.02. The van der Waals surface area contributed by atoms with E-state index in [0.717, 1.165) is 11.1 Å². The molecular formula is C20H21Cl2NO4. The zero-order valence-electron chi connectivity index (χ0n) is 15.3. The van der Waals surface area contributed by atoms with Crippen molar-refractivity contribution in [3.63, 3.8) is 0 Å². The molecule has 2 atom stereocenters. The Morgan fingerprint density at radius 2 is 1.67 bits per heavy atom. The molecule has 0 saturated heterocycles. The summed E-state index contributed by atoms with van der Waals surface area (Å²) in [5.41, 5.74) is 5.35. The van der Waals surface area contributed by atoms with Gasteiger partial charge in [-0.05, 0) is 37.1 Å². The van der Waals surface area contributed by atoms with Crippen molar-refractivity contribution in [2.45, 2.75) is 32.2 Å². The van der Waals surface area contributed by atoms with Gasteiger partial charge in [0, 0.05) is 0 Å². The van der Waals surface area contributed by atoms with Gasteiger partial charge in [0.05, 0.1) is 35.5 Å². The van der Waals surface area contributed by atoms with E-state index < -0.39 is 17.9 Å². The number of hydrogen-bond acceptors (Lipinski definition) is 5. The maximum absolute atomic E-state index is 12.2. The summed E-state index contributed by atoms with van der Waals surface area (Å²) in [5.74, 6) is -1.99. The average molecular weight is 410 g/mol. The van der Waals surface area contributed by atoms with Gasteiger partial charge in [0.15, 0.2) is 0 Å². The molecule has 0 spiro atoms. The van der Waals surface area contributed by atoms with Crippen molar-refractivity contribution in [2.24, 2.45) is 0 Å². The predicted molar refractivity (Wildman–Crippen MR) is 105 cm³/mol. The van der Waals surface area contributed by atoms with Crippen LogP contribution in [-0.2, 0) is 19.2 Å². The van der Waals surface area contributed by atoms with Crippen LogP contribution < -0.4 is 5.48 Å². The standard InChI is InChI=1S/C20H21Cl2NO4/c1-12-4-6-14(7-5-12)13(2)23-27-19(24)11-16(20(25)26-3)15-8-9-17(21)18(22)10-15/h4-10,13,16,23H,11H2,1-3H3/t13-,16-/m0/s1. The molecule has 0 fully saturated rings. The van der Waals surface area contributed by atoms with E-state index in [-0.39, 0.29) is 12.5 Å². The Kier molecular flexibility index (Phi) is 7.66. The average Bonchev–Trinajstić information content (AvgIpc) is 2.66. The molecule has 0 heterocycles. The molecule has 0 aliphatic heterocycles. The molecule has 0 saturated carbocycles. The van der Waals surface area contributed by atoms with Crippen LogP contribution in [0.15, 0.2) is 42.5 Å². The van der Waals surface area contributed by atoms with Crippen molar-refractivity contribution in [3.8, 4) is 0 Å². The van der Waals surface area contributed by atoms with Gasteiger partial charge in [-0.2, -0.15) is 0 Å². The fourth-order valence-electron chi connectivity index (χ4n) is 2.49. The predicted octanol–water partition coefficient (Wildman–Crippen LogP) is 4.76. The van der Waals surface area contributed by atoms with Gasteiger partial charge in [0.2, 0.25) is 0 Å². The molecule has 2 aromatic rings. The van der Waals surface area contributed by atoms with Crippen molar-refractivity contribution in [2.75, 3.05) is 7.11 Å². The van der Waals surface area contributed by atoms with Crippen molar-refractivity contribution in [1.29, 1.82) is 0 Å². The number of hydroxylamine groups is 1. The number of rotatable bonds is 7. The van der Waals surface area contributed by atoms with Crippen LogP contribution in [0.2, 0.25) is 10.0 Å². The molecule has 5 nitrogen and oxygen atoms in total. The molecule has 1 N–H and O–H groups in total. The summed E-state index contributed by atoms with van der Waals surface area (Å²) in [6, 6.07) is 12.4. The third-order valence-electron chi connectivity index (χ3n) is 4.13. The molecule has 0 radical (unpaired) electrons. The van der Waals surface area contributed by atoms with E-state index in [1.165, 1.54) is 7.11 Å². The van der Waals surface area contributed by atoms with Crippen molar-refractivity contribution >= 4 is 35.1 Å². The maximum atomic E-state index is 12.2. The summed E-state index contributed by atoms with van der Waals surface area (Å²) in [7, 11) is 1.26. The SMILES string of the molecule is COC(=O)[C@@H](CC(=O)ON[C@@H](C)c1ccc(C)cc1)c1ccc(Cl)c(Cl)c1. The molecular weight excluding hydrogens is 389 g/mol. The van der Waals surface area contributed by atoms with E-state index in [4.69, 9.17) is 32.8 Å². The summed E-state index contributed by atoms with van der Waals surface area (Å²) in [5, 5.41) is 0.655. The second-order valence-corrected chi connectivity index (χ2v) is 6.99. The molecule has 0 aromatic heterocycles. The lowest BCUT2D eigenvalue weighted by molar-refractivity contribution is -0.157. The quantitative estimate of drug-likeness (QED) is 0.527. The largest absolute Gasteiger partial charge is 0.469 e. The number of ether oxygens (including phenoxy) is 1. The number of benzene rings is 2. The fraction of sp³-hybridized carbons (Fsp3) is 0.300. The van der Waals surface area contributed by atoms with Crippen LogP contribution in [0.3, 0.4) is 0 Å². The fourth-order valence-corrected chi connectivity index (χ4v) is 2.80. The molecule has 0 amide bonds. The van der Waals surface area contributed by atoms with Crippen LogP contribution in [0.4, 0.5) is 0 Å². The first-order valence-corrected chi connectivity index (χ1v) is 9.12. The highest BCUT2D eigenvalue weighted by molar-refractivity contribution is 6.42. The topological polar surface area (TPSA) is 64.6 Å². The van der Waals surface area contributed by atoms with Crippen LogP contribution in [0, 0.1) is 6.92 Å². The van der Waals surface area contributed by atoms with E-state index >= 15 is 0 Å². The first-order chi connectivity index (χ1) is 12.8. The van der Waals surface area contributed by atoms with E-state index in [0.29, 0.717) is 15.6 Å². The van der Waals surface area contributed by atoms with Crippen molar-refractivity contribution in [1.82, 2.24) is 5.48 Å². The Labute approximate surface area is 168 Å². The number of nitrogens with one attached hydrogen (secondary N) is 1. The molecule has 2 aromatic carbocycles. The monoisotopic (exact) mass is 409 g/mol. The van der Waals surface area contributed by atoms with E-state index in [1.54, 1.807) is 18.2 Å². The molecule has 7 heteroatoms. The summed E-state index contributed by atoms with van der Waals surface area (Å²) in [6.07, 6.45) is -0.196.